The Morgan fingerprint density at radius 3 is 2.86 bits per heavy atom. The Morgan fingerprint density at radius 1 is 1.43 bits per heavy atom. The van der Waals surface area contributed by atoms with Gasteiger partial charge in [-0.3, -0.25) is 9.48 Å². The molecule has 0 unspecified atom stereocenters. The second-order valence-electron chi connectivity index (χ2n) is 4.42. The van der Waals surface area contributed by atoms with E-state index in [9.17, 15) is 4.79 Å². The molecule has 6 nitrogen and oxygen atoms in total. The molecule has 0 atom stereocenters. The highest BCUT2D eigenvalue weighted by Crippen LogP contribution is 2.31. The molecule has 3 aromatic rings. The fraction of sp³-hybridized carbons (Fsp3) is 0.154. The van der Waals surface area contributed by atoms with Crippen LogP contribution in [0.2, 0.25) is 4.34 Å². The van der Waals surface area contributed by atoms with E-state index in [2.05, 4.69) is 15.6 Å². The normalized spacial score (nSPS) is 10.8. The van der Waals surface area contributed by atoms with Crippen LogP contribution in [0.15, 0.2) is 28.8 Å². The van der Waals surface area contributed by atoms with Crippen molar-refractivity contribution >= 4 is 34.7 Å². The molecule has 0 saturated heterocycles. The van der Waals surface area contributed by atoms with E-state index in [1.807, 2.05) is 12.1 Å². The number of carbonyl (C=O) groups is 1. The molecule has 0 aliphatic carbocycles. The first-order valence-electron chi connectivity index (χ1n) is 6.07. The summed E-state index contributed by atoms with van der Waals surface area (Å²) in [6.45, 7) is 1.75. The second-order valence-corrected chi connectivity index (χ2v) is 6.13. The van der Waals surface area contributed by atoms with Gasteiger partial charge in [0.05, 0.1) is 14.9 Å². The average Bonchev–Trinajstić information content (AvgIpc) is 3.11. The van der Waals surface area contributed by atoms with Gasteiger partial charge in [0.1, 0.15) is 5.76 Å². The Hall–Kier alpha value is -2.12. The van der Waals surface area contributed by atoms with Crippen LogP contribution in [0.25, 0.3) is 10.6 Å². The quantitative estimate of drug-likeness (QED) is 0.802. The molecule has 0 radical (unpaired) electrons. The third-order valence-electron chi connectivity index (χ3n) is 2.81. The smallest absolute Gasteiger partial charge is 0.277 e. The van der Waals surface area contributed by atoms with Crippen molar-refractivity contribution in [3.8, 4) is 10.6 Å². The zero-order chi connectivity index (χ0) is 15.0. The average molecular weight is 323 g/mol. The van der Waals surface area contributed by atoms with Gasteiger partial charge in [0, 0.05) is 13.1 Å². The monoisotopic (exact) mass is 322 g/mol. The van der Waals surface area contributed by atoms with Crippen LogP contribution in [0, 0.1) is 6.92 Å². The lowest BCUT2D eigenvalue weighted by atomic mass is 10.3. The van der Waals surface area contributed by atoms with E-state index < -0.39 is 0 Å². The first-order valence-corrected chi connectivity index (χ1v) is 7.27. The summed E-state index contributed by atoms with van der Waals surface area (Å²) in [7, 11) is 1.78. The van der Waals surface area contributed by atoms with E-state index in [4.69, 9.17) is 16.1 Å². The molecule has 3 rings (SSSR count). The minimum atomic E-state index is -0.340. The summed E-state index contributed by atoms with van der Waals surface area (Å²) in [5.41, 5.74) is 1.13. The maximum Gasteiger partial charge on any atom is 0.277 e. The summed E-state index contributed by atoms with van der Waals surface area (Å²) in [6.07, 6.45) is 0. The number of nitrogens with one attached hydrogen (secondary N) is 1. The third kappa shape index (κ3) is 2.84. The van der Waals surface area contributed by atoms with E-state index >= 15 is 0 Å². The van der Waals surface area contributed by atoms with Crippen LogP contribution in [0.4, 0.5) is 5.82 Å². The Labute approximate surface area is 129 Å². The predicted octanol–water partition coefficient (Wildman–Crippen LogP) is 3.35. The number of halogens is 1. The number of aryl methyl sites for hydroxylation is 2. The van der Waals surface area contributed by atoms with Gasteiger partial charge in [0.15, 0.2) is 11.5 Å². The van der Waals surface area contributed by atoms with Gasteiger partial charge in [-0.05, 0) is 25.1 Å². The number of hydrogen-bond acceptors (Lipinski definition) is 5. The van der Waals surface area contributed by atoms with Crippen molar-refractivity contribution < 1.29 is 9.32 Å². The molecule has 3 aromatic heterocycles. The molecule has 1 N–H and O–H groups in total. The van der Waals surface area contributed by atoms with Gasteiger partial charge >= 0.3 is 0 Å². The Balaban J connectivity index is 1.85. The number of carbonyl (C=O) groups excluding carboxylic acids is 1. The molecule has 0 spiro atoms. The highest BCUT2D eigenvalue weighted by molar-refractivity contribution is 7.19. The second kappa shape index (κ2) is 5.34. The molecule has 0 aliphatic heterocycles. The van der Waals surface area contributed by atoms with Crippen LogP contribution in [-0.2, 0) is 7.05 Å². The van der Waals surface area contributed by atoms with Gasteiger partial charge in [0.25, 0.3) is 5.91 Å². The van der Waals surface area contributed by atoms with Crippen molar-refractivity contribution in [1.82, 2.24) is 14.9 Å². The molecule has 0 bridgehead atoms. The van der Waals surface area contributed by atoms with Crippen molar-refractivity contribution in [1.29, 1.82) is 0 Å². The SMILES string of the molecule is Cc1cc(NC(=O)c2cc(-c3ccc(Cl)s3)n(C)n2)no1. The van der Waals surface area contributed by atoms with Crippen LogP contribution in [0.3, 0.4) is 0 Å². The number of hydrogen-bond donors (Lipinski definition) is 1. The molecule has 0 fully saturated rings. The van der Waals surface area contributed by atoms with Crippen LogP contribution in [0.1, 0.15) is 16.2 Å². The van der Waals surface area contributed by atoms with Crippen LogP contribution < -0.4 is 5.32 Å². The number of aromatic nitrogens is 3. The summed E-state index contributed by atoms with van der Waals surface area (Å²) in [4.78, 5) is 13.1. The van der Waals surface area contributed by atoms with Crippen LogP contribution in [0.5, 0.6) is 0 Å². The molecule has 1 amide bonds. The highest BCUT2D eigenvalue weighted by atomic mass is 35.5. The van der Waals surface area contributed by atoms with E-state index in [1.54, 1.807) is 30.8 Å². The molecular weight excluding hydrogens is 312 g/mol. The molecule has 0 aliphatic rings. The third-order valence-corrected chi connectivity index (χ3v) is 4.06. The number of anilines is 1. The standard InChI is InChI=1S/C13H11ClN4O2S/c1-7-5-12(17-20-7)15-13(19)8-6-9(18(2)16-8)10-3-4-11(14)21-10/h3-6H,1-2H3,(H,15,17,19). The fourth-order valence-electron chi connectivity index (χ4n) is 1.87. The lowest BCUT2D eigenvalue weighted by molar-refractivity contribution is 0.102. The molecule has 3 heterocycles. The van der Waals surface area contributed by atoms with E-state index in [0.717, 1.165) is 10.6 Å². The lowest BCUT2D eigenvalue weighted by Crippen LogP contribution is -2.13. The van der Waals surface area contributed by atoms with Gasteiger partial charge < -0.3 is 9.84 Å². The molecule has 0 aromatic carbocycles. The summed E-state index contributed by atoms with van der Waals surface area (Å²) in [5, 5.41) is 10.6. The maximum absolute atomic E-state index is 12.1. The van der Waals surface area contributed by atoms with Gasteiger partial charge in [-0.25, -0.2) is 0 Å². The zero-order valence-corrected chi connectivity index (χ0v) is 12.8. The molecular formula is C13H11ClN4O2S. The fourth-order valence-corrected chi connectivity index (χ4v) is 2.96. The molecule has 8 heteroatoms. The van der Waals surface area contributed by atoms with Crippen molar-refractivity contribution in [3.05, 3.63) is 40.1 Å². The summed E-state index contributed by atoms with van der Waals surface area (Å²) in [6, 6.07) is 7.06. The van der Waals surface area contributed by atoms with Gasteiger partial charge in [-0.15, -0.1) is 11.3 Å². The number of amides is 1. The van der Waals surface area contributed by atoms with Crippen molar-refractivity contribution in [2.45, 2.75) is 6.92 Å². The number of thiophene rings is 1. The van der Waals surface area contributed by atoms with Crippen molar-refractivity contribution in [3.63, 3.8) is 0 Å². The molecule has 0 saturated carbocycles. The first-order chi connectivity index (χ1) is 10.0. The Morgan fingerprint density at radius 2 is 2.24 bits per heavy atom. The van der Waals surface area contributed by atoms with E-state index in [0.29, 0.717) is 21.6 Å². The number of nitrogens with zero attached hydrogens (tertiary/aromatic N) is 3. The summed E-state index contributed by atoms with van der Waals surface area (Å²) >= 11 is 7.37. The molecule has 108 valence electrons. The van der Waals surface area contributed by atoms with Gasteiger partial charge in [0.2, 0.25) is 0 Å². The summed E-state index contributed by atoms with van der Waals surface area (Å²) in [5.74, 6) is 0.650. The van der Waals surface area contributed by atoms with Crippen LogP contribution in [-0.4, -0.2) is 20.8 Å². The predicted molar refractivity (Wildman–Crippen MR) is 80.7 cm³/mol. The maximum atomic E-state index is 12.1. The highest BCUT2D eigenvalue weighted by Gasteiger charge is 2.16. The van der Waals surface area contributed by atoms with Crippen LogP contribution >= 0.6 is 22.9 Å². The minimum Gasteiger partial charge on any atom is -0.360 e. The summed E-state index contributed by atoms with van der Waals surface area (Å²) < 4.78 is 7.23. The van der Waals surface area contributed by atoms with E-state index in [-0.39, 0.29) is 5.91 Å². The number of rotatable bonds is 3. The Bertz CT molecular complexity index is 805. The lowest BCUT2D eigenvalue weighted by Gasteiger charge is -1.96. The van der Waals surface area contributed by atoms with E-state index in [1.165, 1.54) is 11.3 Å². The topological polar surface area (TPSA) is 73.0 Å². The largest absolute Gasteiger partial charge is 0.360 e. The Kier molecular flexibility index (Phi) is 3.52. The van der Waals surface area contributed by atoms with Gasteiger partial charge in [-0.1, -0.05) is 16.8 Å². The van der Waals surface area contributed by atoms with Crippen molar-refractivity contribution in [2.24, 2.45) is 7.05 Å². The van der Waals surface area contributed by atoms with Crippen molar-refractivity contribution in [2.75, 3.05) is 5.32 Å². The molecule has 21 heavy (non-hydrogen) atoms. The minimum absolute atomic E-state index is 0.303. The van der Waals surface area contributed by atoms with Gasteiger partial charge in [-0.2, -0.15) is 5.10 Å². The first kappa shape index (κ1) is 13.8. The zero-order valence-electron chi connectivity index (χ0n) is 11.3.